The molecule has 0 aliphatic heterocycles. The number of carbonyl (C=O) groups is 1. The van der Waals surface area contributed by atoms with Crippen molar-refractivity contribution in [1.29, 1.82) is 0 Å². The molecule has 3 nitrogen and oxygen atoms in total. The Labute approximate surface area is 145 Å². The van der Waals surface area contributed by atoms with Gasteiger partial charge in [-0.25, -0.2) is 4.68 Å². The second-order valence-electron chi connectivity index (χ2n) is 4.58. The van der Waals surface area contributed by atoms with E-state index in [1.165, 1.54) is 4.68 Å². The van der Waals surface area contributed by atoms with Crippen LogP contribution in [0.3, 0.4) is 0 Å². The van der Waals surface area contributed by atoms with E-state index in [-0.39, 0.29) is 0 Å². The molecule has 0 saturated heterocycles. The smallest absolute Gasteiger partial charge is 0.270 e. The van der Waals surface area contributed by atoms with Crippen molar-refractivity contribution in [2.45, 2.75) is 0 Å². The zero-order chi connectivity index (χ0) is 15.7. The molecule has 0 amide bonds. The second-order valence-corrected chi connectivity index (χ2v) is 6.28. The van der Waals surface area contributed by atoms with Gasteiger partial charge in [0.15, 0.2) is 0 Å². The van der Waals surface area contributed by atoms with Crippen LogP contribution in [0.15, 0.2) is 59.1 Å². The lowest BCUT2D eigenvalue weighted by molar-refractivity contribution is 0.107. The monoisotopic (exact) mass is 394 g/mol. The first kappa shape index (κ1) is 15.3. The lowest BCUT2D eigenvalue weighted by Gasteiger charge is -2.04. The summed E-state index contributed by atoms with van der Waals surface area (Å²) in [5.74, 6) is 0. The lowest BCUT2D eigenvalue weighted by Crippen LogP contribution is -2.04. The van der Waals surface area contributed by atoms with Crippen LogP contribution in [0.5, 0.6) is 0 Å². The average Bonchev–Trinajstić information content (AvgIpc) is 2.94. The first-order valence-electron chi connectivity index (χ1n) is 6.36. The molecular formula is C16H9BrCl2N2O. The van der Waals surface area contributed by atoms with E-state index in [0.717, 1.165) is 15.7 Å². The lowest BCUT2D eigenvalue weighted by atomic mass is 10.1. The normalized spacial score (nSPS) is 10.7. The number of halogens is 3. The number of nitrogens with zero attached hydrogens (tertiary/aromatic N) is 2. The van der Waals surface area contributed by atoms with Crippen molar-refractivity contribution in [2.24, 2.45) is 0 Å². The fourth-order valence-corrected chi connectivity index (χ4v) is 2.59. The van der Waals surface area contributed by atoms with Gasteiger partial charge in [-0.2, -0.15) is 5.10 Å². The highest BCUT2D eigenvalue weighted by atomic mass is 79.9. The van der Waals surface area contributed by atoms with Crippen LogP contribution in [-0.2, 0) is 0 Å². The van der Waals surface area contributed by atoms with E-state index in [4.69, 9.17) is 23.2 Å². The minimum Gasteiger partial charge on any atom is -0.274 e. The Balaban J connectivity index is 2.11. The Morgan fingerprint density at radius 2 is 1.68 bits per heavy atom. The molecule has 0 aliphatic carbocycles. The van der Waals surface area contributed by atoms with Gasteiger partial charge in [-0.15, -0.1) is 0 Å². The number of aromatic nitrogens is 2. The molecule has 1 heterocycles. The summed E-state index contributed by atoms with van der Waals surface area (Å²) in [6, 6.07) is 16.4. The number of rotatable bonds is 3. The van der Waals surface area contributed by atoms with Gasteiger partial charge in [0.25, 0.3) is 5.24 Å². The minimum atomic E-state index is -0.560. The van der Waals surface area contributed by atoms with Crippen LogP contribution in [0.4, 0.5) is 0 Å². The third kappa shape index (κ3) is 3.09. The quantitative estimate of drug-likeness (QED) is 0.561. The van der Waals surface area contributed by atoms with Gasteiger partial charge in [-0.05, 0) is 54.1 Å². The maximum Gasteiger partial charge on any atom is 0.270 e. The molecule has 0 saturated carbocycles. The molecule has 3 rings (SSSR count). The van der Waals surface area contributed by atoms with Gasteiger partial charge >= 0.3 is 0 Å². The fourth-order valence-electron chi connectivity index (χ4n) is 2.06. The van der Waals surface area contributed by atoms with Crippen molar-refractivity contribution in [3.8, 4) is 16.9 Å². The first-order chi connectivity index (χ1) is 10.5. The molecule has 110 valence electrons. The Morgan fingerprint density at radius 1 is 1.05 bits per heavy atom. The largest absolute Gasteiger partial charge is 0.274 e. The van der Waals surface area contributed by atoms with Gasteiger partial charge in [-0.1, -0.05) is 39.7 Å². The molecule has 0 bridgehead atoms. The average molecular weight is 396 g/mol. The third-order valence-electron chi connectivity index (χ3n) is 3.12. The predicted octanol–water partition coefficient (Wildman–Crippen LogP) is 5.33. The molecule has 0 spiro atoms. The van der Waals surface area contributed by atoms with Gasteiger partial charge in [0, 0.05) is 15.1 Å². The Kier molecular flexibility index (Phi) is 4.34. The van der Waals surface area contributed by atoms with Gasteiger partial charge < -0.3 is 0 Å². The van der Waals surface area contributed by atoms with Crippen molar-refractivity contribution in [3.05, 3.63) is 69.8 Å². The van der Waals surface area contributed by atoms with E-state index in [1.54, 1.807) is 18.2 Å². The molecule has 3 aromatic rings. The highest BCUT2D eigenvalue weighted by Gasteiger charge is 2.15. The van der Waals surface area contributed by atoms with Crippen LogP contribution < -0.4 is 0 Å². The van der Waals surface area contributed by atoms with Crippen molar-refractivity contribution in [1.82, 2.24) is 9.78 Å². The molecule has 0 atom stereocenters. The van der Waals surface area contributed by atoms with Crippen LogP contribution in [0, 0.1) is 0 Å². The summed E-state index contributed by atoms with van der Waals surface area (Å²) in [7, 11) is 0. The van der Waals surface area contributed by atoms with Crippen molar-refractivity contribution in [2.75, 3.05) is 0 Å². The summed E-state index contributed by atoms with van der Waals surface area (Å²) < 4.78 is 2.48. The maximum atomic E-state index is 11.7. The topological polar surface area (TPSA) is 34.9 Å². The Morgan fingerprint density at radius 3 is 2.27 bits per heavy atom. The molecule has 0 radical (unpaired) electrons. The molecular weight excluding hydrogens is 387 g/mol. The van der Waals surface area contributed by atoms with Crippen LogP contribution in [0.2, 0.25) is 5.02 Å². The molecule has 0 aliphatic rings. The molecule has 0 unspecified atom stereocenters. The predicted molar refractivity (Wildman–Crippen MR) is 91.9 cm³/mol. The summed E-state index contributed by atoms with van der Waals surface area (Å²) in [4.78, 5) is 11.7. The fraction of sp³-hybridized carbons (Fsp3) is 0. The Bertz CT molecular complexity index is 826. The summed E-state index contributed by atoms with van der Waals surface area (Å²) in [6.45, 7) is 0. The molecule has 22 heavy (non-hydrogen) atoms. The van der Waals surface area contributed by atoms with Gasteiger partial charge in [0.05, 0.1) is 11.4 Å². The van der Waals surface area contributed by atoms with Gasteiger partial charge in [0.2, 0.25) is 0 Å². The number of carbonyl (C=O) groups excluding carboxylic acids is 1. The highest BCUT2D eigenvalue weighted by Crippen LogP contribution is 2.24. The Hall–Kier alpha value is -1.62. The molecule has 0 fully saturated rings. The van der Waals surface area contributed by atoms with Crippen molar-refractivity contribution < 1.29 is 4.79 Å². The highest BCUT2D eigenvalue weighted by molar-refractivity contribution is 9.10. The summed E-state index contributed by atoms with van der Waals surface area (Å²) in [5.41, 5.74) is 2.59. The molecule has 0 N–H and O–H groups in total. The van der Waals surface area contributed by atoms with Gasteiger partial charge in [-0.3, -0.25) is 4.79 Å². The zero-order valence-corrected chi connectivity index (χ0v) is 14.2. The molecule has 6 heteroatoms. The van der Waals surface area contributed by atoms with E-state index < -0.39 is 5.24 Å². The maximum absolute atomic E-state index is 11.7. The second kappa shape index (κ2) is 6.24. The standard InChI is InChI=1S/C16H9BrCl2N2O/c17-11-3-7-13(8-4-11)21-15(16(19)22)9-14(20-21)10-1-5-12(18)6-2-10/h1-9H. The van der Waals surface area contributed by atoms with E-state index in [1.807, 2.05) is 36.4 Å². The molecule has 2 aromatic carbocycles. The van der Waals surface area contributed by atoms with Crippen molar-refractivity contribution >= 4 is 44.4 Å². The van der Waals surface area contributed by atoms with Crippen LogP contribution in [0.25, 0.3) is 16.9 Å². The first-order valence-corrected chi connectivity index (χ1v) is 7.91. The molecule has 1 aromatic heterocycles. The zero-order valence-electron chi connectivity index (χ0n) is 11.1. The summed E-state index contributed by atoms with van der Waals surface area (Å²) in [5, 5.41) is 4.57. The van der Waals surface area contributed by atoms with E-state index in [9.17, 15) is 4.79 Å². The van der Waals surface area contributed by atoms with Crippen LogP contribution in [-0.4, -0.2) is 15.0 Å². The van der Waals surface area contributed by atoms with E-state index >= 15 is 0 Å². The summed E-state index contributed by atoms with van der Waals surface area (Å²) in [6.07, 6.45) is 0. The number of benzene rings is 2. The minimum absolute atomic E-state index is 0.314. The van der Waals surface area contributed by atoms with Crippen LogP contribution in [0.1, 0.15) is 10.5 Å². The summed E-state index contributed by atoms with van der Waals surface area (Å²) >= 11 is 15.0. The van der Waals surface area contributed by atoms with Crippen molar-refractivity contribution in [3.63, 3.8) is 0 Å². The third-order valence-corrected chi connectivity index (χ3v) is 4.10. The van der Waals surface area contributed by atoms with Gasteiger partial charge in [0.1, 0.15) is 5.69 Å². The van der Waals surface area contributed by atoms with Crippen LogP contribution >= 0.6 is 39.1 Å². The number of hydrogen-bond donors (Lipinski definition) is 0. The SMILES string of the molecule is O=C(Cl)c1cc(-c2ccc(Cl)cc2)nn1-c1ccc(Br)cc1. The van der Waals surface area contributed by atoms with E-state index in [0.29, 0.717) is 16.4 Å². The van der Waals surface area contributed by atoms with E-state index in [2.05, 4.69) is 21.0 Å². The number of hydrogen-bond acceptors (Lipinski definition) is 2.